The van der Waals surface area contributed by atoms with Gasteiger partial charge in [0.15, 0.2) is 10.8 Å². The standard InChI is InChI=1S/C19H20N4O3S2/c1-11-10-28-19(20-11)22-16(24)13-5-7-23(8-6-13)18(25)15-12(2)26-17(21-15)14-4-3-9-27-14/h3-4,9-10,13H,5-8H2,1-2H3,(H,20,22,24). The number of likely N-dealkylation sites (tertiary alicyclic amines) is 1. The first-order valence-electron chi connectivity index (χ1n) is 9.05. The maximum Gasteiger partial charge on any atom is 0.276 e. The van der Waals surface area contributed by atoms with Gasteiger partial charge in [0.25, 0.3) is 5.91 Å². The van der Waals surface area contributed by atoms with E-state index in [0.717, 1.165) is 10.6 Å². The van der Waals surface area contributed by atoms with Crippen molar-refractivity contribution in [2.45, 2.75) is 26.7 Å². The molecule has 1 N–H and O–H groups in total. The number of aromatic nitrogens is 2. The van der Waals surface area contributed by atoms with Gasteiger partial charge in [-0.2, -0.15) is 0 Å². The monoisotopic (exact) mass is 416 g/mol. The third-order valence-electron chi connectivity index (χ3n) is 4.73. The molecule has 0 spiro atoms. The quantitative estimate of drug-likeness (QED) is 0.695. The lowest BCUT2D eigenvalue weighted by atomic mass is 9.96. The average molecular weight is 417 g/mol. The molecule has 3 aromatic rings. The third kappa shape index (κ3) is 3.85. The number of carbonyl (C=O) groups is 2. The van der Waals surface area contributed by atoms with Crippen molar-refractivity contribution in [3.05, 3.63) is 40.0 Å². The largest absolute Gasteiger partial charge is 0.440 e. The van der Waals surface area contributed by atoms with Crippen LogP contribution < -0.4 is 5.32 Å². The molecule has 0 radical (unpaired) electrons. The fraction of sp³-hybridized carbons (Fsp3) is 0.368. The lowest BCUT2D eigenvalue weighted by Gasteiger charge is -2.30. The molecule has 1 fully saturated rings. The van der Waals surface area contributed by atoms with E-state index >= 15 is 0 Å². The summed E-state index contributed by atoms with van der Waals surface area (Å²) >= 11 is 2.94. The molecule has 146 valence electrons. The van der Waals surface area contributed by atoms with Crippen LogP contribution in [0.25, 0.3) is 10.8 Å². The van der Waals surface area contributed by atoms with Crippen LogP contribution in [-0.4, -0.2) is 39.8 Å². The molecular weight excluding hydrogens is 396 g/mol. The summed E-state index contributed by atoms with van der Waals surface area (Å²) < 4.78 is 5.68. The van der Waals surface area contributed by atoms with Crippen molar-refractivity contribution in [2.24, 2.45) is 5.92 Å². The second-order valence-electron chi connectivity index (χ2n) is 6.75. The predicted molar refractivity (Wildman–Crippen MR) is 109 cm³/mol. The minimum absolute atomic E-state index is 0.0287. The number of anilines is 1. The van der Waals surface area contributed by atoms with Gasteiger partial charge in [-0.05, 0) is 38.1 Å². The van der Waals surface area contributed by atoms with Crippen molar-refractivity contribution in [3.63, 3.8) is 0 Å². The minimum atomic E-state index is -0.140. The summed E-state index contributed by atoms with van der Waals surface area (Å²) in [7, 11) is 0. The fourth-order valence-corrected chi connectivity index (χ4v) is 4.55. The van der Waals surface area contributed by atoms with E-state index < -0.39 is 0 Å². The highest BCUT2D eigenvalue weighted by atomic mass is 32.1. The summed E-state index contributed by atoms with van der Waals surface area (Å²) in [5, 5.41) is 7.35. The zero-order valence-electron chi connectivity index (χ0n) is 15.6. The first-order valence-corrected chi connectivity index (χ1v) is 10.8. The van der Waals surface area contributed by atoms with Crippen LogP contribution in [0, 0.1) is 19.8 Å². The molecule has 9 heteroatoms. The molecule has 0 unspecified atom stereocenters. The van der Waals surface area contributed by atoms with Crippen molar-refractivity contribution in [1.82, 2.24) is 14.9 Å². The zero-order valence-corrected chi connectivity index (χ0v) is 17.2. The highest BCUT2D eigenvalue weighted by Gasteiger charge is 2.30. The highest BCUT2D eigenvalue weighted by molar-refractivity contribution is 7.14. The Morgan fingerprint density at radius 2 is 2.00 bits per heavy atom. The maximum atomic E-state index is 12.9. The van der Waals surface area contributed by atoms with Gasteiger partial charge < -0.3 is 14.6 Å². The van der Waals surface area contributed by atoms with Gasteiger partial charge in [-0.3, -0.25) is 9.59 Å². The number of hydrogen-bond acceptors (Lipinski definition) is 7. The van der Waals surface area contributed by atoms with Gasteiger partial charge in [0.1, 0.15) is 5.76 Å². The van der Waals surface area contributed by atoms with Gasteiger partial charge >= 0.3 is 0 Å². The molecule has 1 saturated heterocycles. The minimum Gasteiger partial charge on any atom is -0.440 e. The number of nitrogens with zero attached hydrogens (tertiary/aromatic N) is 3. The van der Waals surface area contributed by atoms with Gasteiger partial charge in [-0.25, -0.2) is 9.97 Å². The molecule has 1 aliphatic rings. The number of carbonyl (C=O) groups excluding carboxylic acids is 2. The molecule has 28 heavy (non-hydrogen) atoms. The Kier molecular flexibility index (Phi) is 5.27. The van der Waals surface area contributed by atoms with E-state index in [9.17, 15) is 9.59 Å². The summed E-state index contributed by atoms with van der Waals surface area (Å²) in [4.78, 5) is 36.6. The lowest BCUT2D eigenvalue weighted by molar-refractivity contribution is -0.121. The van der Waals surface area contributed by atoms with E-state index in [2.05, 4.69) is 15.3 Å². The molecule has 0 aliphatic carbocycles. The molecule has 0 aromatic carbocycles. The normalized spacial score (nSPS) is 15.0. The molecule has 7 nitrogen and oxygen atoms in total. The topological polar surface area (TPSA) is 88.3 Å². The maximum absolute atomic E-state index is 12.9. The second-order valence-corrected chi connectivity index (χ2v) is 8.56. The Morgan fingerprint density at radius 3 is 2.64 bits per heavy atom. The van der Waals surface area contributed by atoms with E-state index in [0.29, 0.717) is 48.4 Å². The molecule has 2 amide bonds. The van der Waals surface area contributed by atoms with E-state index in [1.807, 2.05) is 29.8 Å². The van der Waals surface area contributed by atoms with E-state index in [1.165, 1.54) is 22.7 Å². The molecule has 3 aromatic heterocycles. The van der Waals surface area contributed by atoms with Crippen LogP contribution in [0.1, 0.15) is 34.8 Å². The van der Waals surface area contributed by atoms with Crippen LogP contribution in [0.15, 0.2) is 27.3 Å². The number of thiophene rings is 1. The summed E-state index contributed by atoms with van der Waals surface area (Å²) in [6.07, 6.45) is 1.24. The van der Waals surface area contributed by atoms with Gasteiger partial charge in [-0.1, -0.05) is 6.07 Å². The van der Waals surface area contributed by atoms with Crippen LogP contribution in [0.5, 0.6) is 0 Å². The Hall–Kier alpha value is -2.52. The Balaban J connectivity index is 1.37. The van der Waals surface area contributed by atoms with Crippen LogP contribution in [0.3, 0.4) is 0 Å². The van der Waals surface area contributed by atoms with Crippen molar-refractivity contribution in [1.29, 1.82) is 0 Å². The molecule has 4 heterocycles. The summed E-state index contributed by atoms with van der Waals surface area (Å²) in [5.74, 6) is 0.710. The van der Waals surface area contributed by atoms with Crippen molar-refractivity contribution < 1.29 is 14.0 Å². The summed E-state index contributed by atoms with van der Waals surface area (Å²) in [6, 6.07) is 3.84. The number of nitrogens with one attached hydrogen (secondary N) is 1. The number of aryl methyl sites for hydroxylation is 2. The first kappa shape index (κ1) is 18.8. The van der Waals surface area contributed by atoms with Crippen LogP contribution in [0.4, 0.5) is 5.13 Å². The van der Waals surface area contributed by atoms with E-state index in [1.54, 1.807) is 11.8 Å². The van der Waals surface area contributed by atoms with Gasteiger partial charge in [0.05, 0.1) is 10.6 Å². The Labute approximate surface area is 170 Å². The lowest BCUT2D eigenvalue weighted by Crippen LogP contribution is -2.41. The summed E-state index contributed by atoms with van der Waals surface area (Å²) in [5.41, 5.74) is 1.25. The molecule has 0 atom stereocenters. The molecule has 1 aliphatic heterocycles. The molecule has 0 bridgehead atoms. The SMILES string of the molecule is Cc1csc(NC(=O)C2CCN(C(=O)c3nc(-c4cccs4)oc3C)CC2)n1. The smallest absolute Gasteiger partial charge is 0.276 e. The number of piperidine rings is 1. The second kappa shape index (κ2) is 7.84. The average Bonchev–Trinajstić information content (AvgIpc) is 3.43. The number of rotatable bonds is 4. The van der Waals surface area contributed by atoms with E-state index in [4.69, 9.17) is 4.42 Å². The van der Waals surface area contributed by atoms with Gasteiger partial charge in [0.2, 0.25) is 11.8 Å². The number of amides is 2. The molecule has 0 saturated carbocycles. The van der Waals surface area contributed by atoms with Crippen molar-refractivity contribution in [2.75, 3.05) is 18.4 Å². The number of oxazole rings is 1. The molecular formula is C19H20N4O3S2. The molecule has 4 rings (SSSR count). The third-order valence-corrected chi connectivity index (χ3v) is 6.47. The van der Waals surface area contributed by atoms with Crippen molar-refractivity contribution in [3.8, 4) is 10.8 Å². The zero-order chi connectivity index (χ0) is 19.7. The van der Waals surface area contributed by atoms with Crippen LogP contribution in [-0.2, 0) is 4.79 Å². The Morgan fingerprint density at radius 1 is 1.21 bits per heavy atom. The van der Waals surface area contributed by atoms with Crippen molar-refractivity contribution >= 4 is 39.6 Å². The fourth-order valence-electron chi connectivity index (χ4n) is 3.21. The number of thiazole rings is 1. The van der Waals surface area contributed by atoms with E-state index in [-0.39, 0.29) is 17.7 Å². The summed E-state index contributed by atoms with van der Waals surface area (Å²) in [6.45, 7) is 4.70. The van der Waals surface area contributed by atoms with Crippen LogP contribution >= 0.6 is 22.7 Å². The predicted octanol–water partition coefficient (Wildman–Crippen LogP) is 3.97. The van der Waals surface area contributed by atoms with Gasteiger partial charge in [-0.15, -0.1) is 22.7 Å². The van der Waals surface area contributed by atoms with Crippen LogP contribution in [0.2, 0.25) is 0 Å². The first-order chi connectivity index (χ1) is 13.5. The highest BCUT2D eigenvalue weighted by Crippen LogP contribution is 2.28. The number of hydrogen-bond donors (Lipinski definition) is 1. The Bertz CT molecular complexity index is 985. The van der Waals surface area contributed by atoms with Gasteiger partial charge in [0, 0.05) is 24.4 Å².